The van der Waals surface area contributed by atoms with Crippen molar-refractivity contribution in [1.82, 2.24) is 9.80 Å². The molecule has 2 atom stereocenters. The molecule has 0 amide bonds. The van der Waals surface area contributed by atoms with Crippen LogP contribution < -0.4 is 0 Å². The molecule has 0 rings (SSSR count). The molecule has 0 aromatic carbocycles. The van der Waals surface area contributed by atoms with E-state index in [1.165, 1.54) is 38.5 Å². The number of aliphatic hydroxyl groups excluding tert-OH is 2. The number of allylic oxidation sites excluding steroid dienone is 26. The van der Waals surface area contributed by atoms with Crippen LogP contribution in [0, 0.1) is 0 Å². The third-order valence-corrected chi connectivity index (χ3v) is 17.6. The van der Waals surface area contributed by atoms with E-state index in [1.807, 2.05) is 9.80 Å². The molecule has 0 saturated carbocycles. The number of rotatable bonds is 75. The van der Waals surface area contributed by atoms with Crippen LogP contribution in [0.3, 0.4) is 0 Å². The summed E-state index contributed by atoms with van der Waals surface area (Å²) in [6, 6.07) is 0. The van der Waals surface area contributed by atoms with E-state index in [0.29, 0.717) is 78.2 Å². The Labute approximate surface area is 637 Å². The van der Waals surface area contributed by atoms with Gasteiger partial charge in [0, 0.05) is 65.0 Å². The Morgan fingerprint density at radius 1 is 0.279 bits per heavy atom. The average Bonchev–Trinajstić information content (AvgIpc) is 1.19. The van der Waals surface area contributed by atoms with E-state index in [9.17, 15) is 29.4 Å². The summed E-state index contributed by atoms with van der Waals surface area (Å²) in [6.45, 7) is 12.4. The molecule has 12 nitrogen and oxygen atoms in total. The largest absolute Gasteiger partial charge is 0.466 e. The first-order valence-electron chi connectivity index (χ1n) is 41.7. The predicted molar refractivity (Wildman–Crippen MR) is 443 cm³/mol. The van der Waals surface area contributed by atoms with Crippen molar-refractivity contribution < 1.29 is 48.3 Å². The van der Waals surface area contributed by atoms with Crippen LogP contribution in [0.4, 0.5) is 0 Å². The van der Waals surface area contributed by atoms with Gasteiger partial charge in [-0.3, -0.25) is 29.0 Å². The summed E-state index contributed by atoms with van der Waals surface area (Å²) in [5.41, 5.74) is 0. The molecule has 0 aromatic heterocycles. The smallest absolute Gasteiger partial charge is 0.307 e. The van der Waals surface area contributed by atoms with Gasteiger partial charge in [-0.15, -0.1) is 0 Å². The summed E-state index contributed by atoms with van der Waals surface area (Å²) in [5, 5.41) is 19.5. The van der Waals surface area contributed by atoms with E-state index < -0.39 is 0 Å². The normalized spacial score (nSPS) is 13.3. The van der Waals surface area contributed by atoms with Gasteiger partial charge >= 0.3 is 23.9 Å². The van der Waals surface area contributed by atoms with Gasteiger partial charge in [0.2, 0.25) is 0 Å². The number of nitrogens with zero attached hydrogens (tertiary/aromatic N) is 2. The summed E-state index contributed by atoms with van der Waals surface area (Å²) in [6.07, 6.45) is 103. The second-order valence-corrected chi connectivity index (χ2v) is 27.1. The van der Waals surface area contributed by atoms with E-state index in [0.717, 1.165) is 205 Å². The Hall–Kier alpha value is -5.92. The van der Waals surface area contributed by atoms with Crippen LogP contribution in [0.2, 0.25) is 0 Å². The highest BCUT2D eigenvalue weighted by Gasteiger charge is 2.16. The maximum atomic E-state index is 12.8. The summed E-state index contributed by atoms with van der Waals surface area (Å²) in [5.74, 6) is -0.696. The van der Waals surface area contributed by atoms with Crippen molar-refractivity contribution in [3.05, 3.63) is 170 Å². The molecule has 590 valence electrons. The van der Waals surface area contributed by atoms with Gasteiger partial charge in [0.1, 0.15) is 12.2 Å². The minimum absolute atomic E-state index is 0.0334. The number of ether oxygens (including phenoxy) is 4. The van der Waals surface area contributed by atoms with Crippen LogP contribution in [-0.2, 0) is 38.1 Å². The molecule has 12 heteroatoms. The SMILES string of the molecule is CC/C=C\C/C=C\C/C=C\C/C=C\C/C=C\C/C=C\CCC(=O)OC(C/C=C\CCCCCCCCOC(=O)CCN(CCO)CCN(CCO)CCC(=O)OCCCCCCCC/C=C\CC(CCCCCC)OC(=O)CC/C=C\C/C=C\C/C=C\C/C=C\C/C=C\C/C=C\CC)CCCCCC. The summed E-state index contributed by atoms with van der Waals surface area (Å²) in [7, 11) is 0. The molecule has 0 aromatic rings. The first-order valence-corrected chi connectivity index (χ1v) is 41.7. The monoisotopic (exact) mass is 1450 g/mol. The zero-order valence-electron chi connectivity index (χ0n) is 66.6. The molecule has 0 aliphatic heterocycles. The third kappa shape index (κ3) is 75.8. The van der Waals surface area contributed by atoms with Crippen molar-refractivity contribution in [3.63, 3.8) is 0 Å². The van der Waals surface area contributed by atoms with Crippen LogP contribution in [0.1, 0.15) is 310 Å². The average molecular weight is 1450 g/mol. The fraction of sp³-hybridized carbons (Fsp3) is 0.652. The van der Waals surface area contributed by atoms with Crippen molar-refractivity contribution in [2.24, 2.45) is 0 Å². The highest BCUT2D eigenvalue weighted by atomic mass is 16.6. The Morgan fingerprint density at radius 2 is 0.558 bits per heavy atom. The Bertz CT molecular complexity index is 2240. The zero-order chi connectivity index (χ0) is 75.4. The molecule has 0 aliphatic rings. The summed E-state index contributed by atoms with van der Waals surface area (Å²) in [4.78, 5) is 55.0. The van der Waals surface area contributed by atoms with Gasteiger partial charge in [-0.2, -0.15) is 0 Å². The maximum Gasteiger partial charge on any atom is 0.307 e. The third-order valence-electron chi connectivity index (χ3n) is 17.6. The number of carbonyl (C=O) groups excluding carboxylic acids is 4. The first-order chi connectivity index (χ1) is 51.2. The van der Waals surface area contributed by atoms with Crippen LogP contribution in [-0.4, -0.2) is 122 Å². The number of carbonyl (C=O) groups is 4. The van der Waals surface area contributed by atoms with Gasteiger partial charge in [-0.05, 0) is 154 Å². The maximum absolute atomic E-state index is 12.8. The molecule has 0 heterocycles. The molecule has 104 heavy (non-hydrogen) atoms. The van der Waals surface area contributed by atoms with Crippen molar-refractivity contribution in [1.29, 1.82) is 0 Å². The second-order valence-electron chi connectivity index (χ2n) is 27.1. The quantitative estimate of drug-likeness (QED) is 0.0258. The molecule has 0 bridgehead atoms. The van der Waals surface area contributed by atoms with E-state index in [2.05, 4.69) is 198 Å². The molecule has 0 fully saturated rings. The lowest BCUT2D eigenvalue weighted by atomic mass is 10.1. The molecule has 0 saturated heterocycles. The minimum atomic E-state index is -0.240. The molecule has 2 unspecified atom stereocenters. The Morgan fingerprint density at radius 3 is 0.865 bits per heavy atom. The topological polar surface area (TPSA) is 152 Å². The lowest BCUT2D eigenvalue weighted by Crippen LogP contribution is -2.39. The summed E-state index contributed by atoms with van der Waals surface area (Å²) >= 11 is 0. The van der Waals surface area contributed by atoms with Gasteiger partial charge in [0.15, 0.2) is 0 Å². The van der Waals surface area contributed by atoms with Crippen molar-refractivity contribution in [3.8, 4) is 0 Å². The molecule has 2 N–H and O–H groups in total. The number of esters is 4. The fourth-order valence-electron chi connectivity index (χ4n) is 11.3. The van der Waals surface area contributed by atoms with Gasteiger partial charge in [0.25, 0.3) is 0 Å². The van der Waals surface area contributed by atoms with Gasteiger partial charge in [-0.1, -0.05) is 288 Å². The van der Waals surface area contributed by atoms with Gasteiger partial charge in [-0.25, -0.2) is 0 Å². The highest BCUT2D eigenvalue weighted by Crippen LogP contribution is 2.18. The van der Waals surface area contributed by atoms with Crippen LogP contribution >= 0.6 is 0 Å². The van der Waals surface area contributed by atoms with E-state index in [-0.39, 0.29) is 62.1 Å². The van der Waals surface area contributed by atoms with Crippen molar-refractivity contribution >= 4 is 23.9 Å². The molecule has 0 aliphatic carbocycles. The number of hydrogen-bond acceptors (Lipinski definition) is 12. The number of aliphatic hydroxyl groups is 2. The standard InChI is InChI=1S/C92H152N2O10/c1-5-9-13-17-19-21-23-25-27-29-31-33-35-37-39-45-51-57-65-73-91(99)103-87(69-61-15-11-7-3)71-63-55-49-43-41-47-53-59-67-85-101-89(97)75-77-93(81-83-95)79-80-94(82-84-96)78-76-90(98)102-86-68-60-54-48-42-44-50-56-64-72-88(70-62-16-12-8-4)104-92(100)74-66-58-52-46-40-38-36-34-32-30-28-26-24-22-20-18-14-10-6-2/h9-10,13-14,19-22,25-28,31-34,37-40,51-52,55-58,63-64,87-88,95-96H,5-8,11-12,15-18,23-24,29-30,35-36,41-50,53-54,59-62,65-86H2,1-4H3/b13-9-,14-10-,21-19-,22-20-,27-25-,28-26-,33-31-,34-32-,39-37-,40-38-,57-51-,58-52-,63-55-,64-56-. The highest BCUT2D eigenvalue weighted by molar-refractivity contribution is 5.70. The number of hydrogen-bond donors (Lipinski definition) is 2. The zero-order valence-corrected chi connectivity index (χ0v) is 66.6. The lowest BCUT2D eigenvalue weighted by Gasteiger charge is -2.26. The van der Waals surface area contributed by atoms with E-state index in [4.69, 9.17) is 18.9 Å². The Balaban J connectivity index is 4.31. The number of unbranched alkanes of at least 4 members (excludes halogenated alkanes) is 18. The van der Waals surface area contributed by atoms with Crippen LogP contribution in [0.5, 0.6) is 0 Å². The minimum Gasteiger partial charge on any atom is -0.466 e. The first kappa shape index (κ1) is 98.1. The van der Waals surface area contributed by atoms with E-state index >= 15 is 0 Å². The second kappa shape index (κ2) is 82.7. The molecule has 0 radical (unpaired) electrons. The lowest BCUT2D eigenvalue weighted by molar-refractivity contribution is -0.150. The van der Waals surface area contributed by atoms with Crippen molar-refractivity contribution in [2.75, 3.05) is 65.7 Å². The fourth-order valence-corrected chi connectivity index (χ4v) is 11.3. The van der Waals surface area contributed by atoms with E-state index in [1.54, 1.807) is 0 Å². The van der Waals surface area contributed by atoms with Crippen LogP contribution in [0.25, 0.3) is 0 Å². The molecule has 0 spiro atoms. The van der Waals surface area contributed by atoms with Crippen LogP contribution in [0.15, 0.2) is 170 Å². The van der Waals surface area contributed by atoms with Gasteiger partial charge in [0.05, 0.1) is 39.3 Å². The predicted octanol–water partition coefficient (Wildman–Crippen LogP) is 23.5. The molecular weight excluding hydrogens is 1290 g/mol. The summed E-state index contributed by atoms with van der Waals surface area (Å²) < 4.78 is 23.1. The van der Waals surface area contributed by atoms with Crippen molar-refractivity contribution in [2.45, 2.75) is 322 Å². The molecular formula is C92H152N2O10. The Kier molecular flexibility index (Phi) is 78.0. The van der Waals surface area contributed by atoms with Gasteiger partial charge < -0.3 is 29.2 Å².